The number of carbonyl (C=O) groups excluding carboxylic acids is 1. The highest BCUT2D eigenvalue weighted by Crippen LogP contribution is 2.24. The van der Waals surface area contributed by atoms with Crippen molar-refractivity contribution in [2.24, 2.45) is 0 Å². The SMILES string of the molecule is CCCCOc1ccc(C(=O)Nc2nnc(-c3ccc(F)cc3F)o2)cc1. The minimum atomic E-state index is -0.838. The molecule has 0 aliphatic rings. The van der Waals surface area contributed by atoms with Crippen LogP contribution in [0, 0.1) is 11.6 Å². The maximum atomic E-state index is 13.8. The molecule has 0 saturated heterocycles. The van der Waals surface area contributed by atoms with Crippen LogP contribution in [0.25, 0.3) is 11.5 Å². The molecule has 0 unspecified atom stereocenters. The largest absolute Gasteiger partial charge is 0.494 e. The number of nitrogens with zero attached hydrogens (tertiary/aromatic N) is 2. The summed E-state index contributed by atoms with van der Waals surface area (Å²) in [4.78, 5) is 12.2. The van der Waals surface area contributed by atoms with Gasteiger partial charge in [0.05, 0.1) is 12.2 Å². The Labute approximate surface area is 154 Å². The zero-order chi connectivity index (χ0) is 19.2. The van der Waals surface area contributed by atoms with Crippen molar-refractivity contribution in [3.8, 4) is 17.2 Å². The Balaban J connectivity index is 1.65. The molecule has 0 aliphatic carbocycles. The zero-order valence-electron chi connectivity index (χ0n) is 14.5. The molecule has 0 radical (unpaired) electrons. The molecule has 27 heavy (non-hydrogen) atoms. The van der Waals surface area contributed by atoms with E-state index in [-0.39, 0.29) is 17.5 Å². The van der Waals surface area contributed by atoms with Crippen LogP contribution in [0.15, 0.2) is 46.9 Å². The molecule has 8 heteroatoms. The number of amides is 1. The summed E-state index contributed by atoms with van der Waals surface area (Å²) in [6.07, 6.45) is 1.99. The van der Waals surface area contributed by atoms with Crippen molar-refractivity contribution in [3.05, 3.63) is 59.7 Å². The normalized spacial score (nSPS) is 10.6. The van der Waals surface area contributed by atoms with E-state index in [1.807, 2.05) is 0 Å². The van der Waals surface area contributed by atoms with E-state index in [9.17, 15) is 13.6 Å². The number of aromatic nitrogens is 2. The topological polar surface area (TPSA) is 77.2 Å². The summed E-state index contributed by atoms with van der Waals surface area (Å²) in [5.74, 6) is -1.51. The molecular formula is C19H17F2N3O3. The first-order valence-electron chi connectivity index (χ1n) is 8.40. The standard InChI is InChI=1S/C19H17F2N3O3/c1-2-3-10-26-14-7-4-12(5-8-14)17(25)22-19-24-23-18(27-19)15-9-6-13(20)11-16(15)21/h4-9,11H,2-3,10H2,1H3,(H,22,24,25). The average Bonchev–Trinajstić information content (AvgIpc) is 3.10. The molecule has 0 spiro atoms. The van der Waals surface area contributed by atoms with Gasteiger partial charge in [-0.2, -0.15) is 0 Å². The first-order valence-corrected chi connectivity index (χ1v) is 8.40. The van der Waals surface area contributed by atoms with Gasteiger partial charge in [0.25, 0.3) is 11.8 Å². The van der Waals surface area contributed by atoms with Crippen molar-refractivity contribution in [2.75, 3.05) is 11.9 Å². The van der Waals surface area contributed by atoms with Gasteiger partial charge in [0.2, 0.25) is 0 Å². The number of carbonyl (C=O) groups is 1. The summed E-state index contributed by atoms with van der Waals surface area (Å²) in [5, 5.41) is 9.76. The van der Waals surface area contributed by atoms with Crippen LogP contribution < -0.4 is 10.1 Å². The number of nitrogens with one attached hydrogen (secondary N) is 1. The molecule has 0 saturated carbocycles. The summed E-state index contributed by atoms with van der Waals surface area (Å²) in [7, 11) is 0. The van der Waals surface area contributed by atoms with Crippen LogP contribution in [0.2, 0.25) is 0 Å². The van der Waals surface area contributed by atoms with Crippen molar-refractivity contribution in [1.29, 1.82) is 0 Å². The van der Waals surface area contributed by atoms with E-state index < -0.39 is 17.5 Å². The Morgan fingerprint density at radius 1 is 1.15 bits per heavy atom. The number of anilines is 1. The van der Waals surface area contributed by atoms with E-state index in [0.29, 0.717) is 24.0 Å². The van der Waals surface area contributed by atoms with Gasteiger partial charge in [-0.15, -0.1) is 5.10 Å². The van der Waals surface area contributed by atoms with Gasteiger partial charge in [-0.3, -0.25) is 10.1 Å². The number of ether oxygens (including phenoxy) is 1. The molecule has 1 aromatic heterocycles. The second kappa shape index (κ2) is 8.39. The number of hydrogen-bond donors (Lipinski definition) is 1. The lowest BCUT2D eigenvalue weighted by molar-refractivity contribution is 0.102. The maximum absolute atomic E-state index is 13.8. The molecule has 0 fully saturated rings. The van der Waals surface area contributed by atoms with Crippen molar-refractivity contribution < 1.29 is 22.7 Å². The molecule has 6 nitrogen and oxygen atoms in total. The van der Waals surface area contributed by atoms with E-state index in [4.69, 9.17) is 9.15 Å². The Morgan fingerprint density at radius 3 is 2.63 bits per heavy atom. The van der Waals surface area contributed by atoms with E-state index in [2.05, 4.69) is 22.4 Å². The van der Waals surface area contributed by atoms with Crippen LogP contribution in [0.1, 0.15) is 30.1 Å². The van der Waals surface area contributed by atoms with Crippen molar-refractivity contribution in [1.82, 2.24) is 10.2 Å². The van der Waals surface area contributed by atoms with E-state index in [1.165, 1.54) is 6.07 Å². The minimum Gasteiger partial charge on any atom is -0.494 e. The third-order valence-corrected chi connectivity index (χ3v) is 3.69. The molecule has 1 amide bonds. The summed E-state index contributed by atoms with van der Waals surface area (Å²) in [6.45, 7) is 2.69. The third-order valence-electron chi connectivity index (χ3n) is 3.69. The van der Waals surface area contributed by atoms with Gasteiger partial charge in [-0.1, -0.05) is 18.4 Å². The van der Waals surface area contributed by atoms with Gasteiger partial charge >= 0.3 is 6.01 Å². The first kappa shape index (κ1) is 18.5. The predicted molar refractivity (Wildman–Crippen MR) is 94.4 cm³/mol. The van der Waals surface area contributed by atoms with E-state index >= 15 is 0 Å². The van der Waals surface area contributed by atoms with Crippen LogP contribution in [0.3, 0.4) is 0 Å². The first-order chi connectivity index (χ1) is 13.1. The fourth-order valence-electron chi connectivity index (χ4n) is 2.25. The van der Waals surface area contributed by atoms with Crippen molar-refractivity contribution in [2.45, 2.75) is 19.8 Å². The van der Waals surface area contributed by atoms with Crippen molar-refractivity contribution >= 4 is 11.9 Å². The summed E-state index contributed by atoms with van der Waals surface area (Å²) >= 11 is 0. The molecule has 140 valence electrons. The van der Waals surface area contributed by atoms with Gasteiger partial charge in [0, 0.05) is 11.6 Å². The number of rotatable bonds is 7. The highest BCUT2D eigenvalue weighted by atomic mass is 19.1. The highest BCUT2D eigenvalue weighted by Gasteiger charge is 2.16. The lowest BCUT2D eigenvalue weighted by Gasteiger charge is -2.06. The lowest BCUT2D eigenvalue weighted by atomic mass is 10.2. The second-order valence-electron chi connectivity index (χ2n) is 5.72. The molecule has 1 N–H and O–H groups in total. The van der Waals surface area contributed by atoms with Crippen molar-refractivity contribution in [3.63, 3.8) is 0 Å². The van der Waals surface area contributed by atoms with Crippen LogP contribution in [-0.4, -0.2) is 22.7 Å². The smallest absolute Gasteiger partial charge is 0.322 e. The van der Waals surface area contributed by atoms with Crippen LogP contribution in [0.4, 0.5) is 14.8 Å². The Hall–Kier alpha value is -3.29. The summed E-state index contributed by atoms with van der Waals surface area (Å²) in [6, 6.07) is 9.37. The Morgan fingerprint density at radius 2 is 1.93 bits per heavy atom. The maximum Gasteiger partial charge on any atom is 0.322 e. The van der Waals surface area contributed by atoms with Gasteiger partial charge in [-0.05, 0) is 42.8 Å². The number of unbranched alkanes of at least 4 members (excludes halogenated alkanes) is 1. The van der Waals surface area contributed by atoms with Crippen LogP contribution >= 0.6 is 0 Å². The third kappa shape index (κ3) is 4.66. The molecular weight excluding hydrogens is 356 g/mol. The predicted octanol–water partition coefficient (Wildman–Crippen LogP) is 4.45. The van der Waals surface area contributed by atoms with Gasteiger partial charge < -0.3 is 9.15 Å². The van der Waals surface area contributed by atoms with Crippen LogP contribution in [0.5, 0.6) is 5.75 Å². The second-order valence-corrected chi connectivity index (χ2v) is 5.72. The van der Waals surface area contributed by atoms with Gasteiger partial charge in [0.1, 0.15) is 17.4 Å². The molecule has 1 heterocycles. The van der Waals surface area contributed by atoms with Gasteiger partial charge in [-0.25, -0.2) is 8.78 Å². The summed E-state index contributed by atoms with van der Waals surface area (Å²) in [5.41, 5.74) is 0.309. The van der Waals surface area contributed by atoms with E-state index in [0.717, 1.165) is 18.9 Å². The Bertz CT molecular complexity index is 926. The number of hydrogen-bond acceptors (Lipinski definition) is 5. The molecule has 3 aromatic rings. The molecule has 0 aliphatic heterocycles. The van der Waals surface area contributed by atoms with Crippen LogP contribution in [-0.2, 0) is 0 Å². The summed E-state index contributed by atoms with van der Waals surface area (Å²) < 4.78 is 37.5. The monoisotopic (exact) mass is 373 g/mol. The fraction of sp³-hybridized carbons (Fsp3) is 0.211. The van der Waals surface area contributed by atoms with E-state index in [1.54, 1.807) is 24.3 Å². The molecule has 2 aromatic carbocycles. The van der Waals surface area contributed by atoms with Gasteiger partial charge in [0.15, 0.2) is 0 Å². The minimum absolute atomic E-state index is 0.0574. The quantitative estimate of drug-likeness (QED) is 0.619. The number of halogens is 2. The zero-order valence-corrected chi connectivity index (χ0v) is 14.5. The number of benzene rings is 2. The highest BCUT2D eigenvalue weighted by molar-refractivity contribution is 6.03. The lowest BCUT2D eigenvalue weighted by Crippen LogP contribution is -2.12. The fourth-order valence-corrected chi connectivity index (χ4v) is 2.25. The molecule has 0 atom stereocenters. The molecule has 0 bridgehead atoms. The molecule has 3 rings (SSSR count). The average molecular weight is 373 g/mol. The Kier molecular flexibility index (Phi) is 5.75.